The van der Waals surface area contributed by atoms with Crippen molar-refractivity contribution in [3.8, 4) is 0 Å². The van der Waals surface area contributed by atoms with Gasteiger partial charge in [-0.15, -0.1) is 0 Å². The summed E-state index contributed by atoms with van der Waals surface area (Å²) in [5.41, 5.74) is 0. The quantitative estimate of drug-likeness (QED) is 0.837. The normalized spacial score (nSPS) is 34.2. The highest BCUT2D eigenvalue weighted by Gasteiger charge is 2.43. The predicted molar refractivity (Wildman–Crippen MR) is 76.5 cm³/mol. The van der Waals surface area contributed by atoms with E-state index in [0.29, 0.717) is 24.5 Å². The molecule has 1 heterocycles. The van der Waals surface area contributed by atoms with E-state index in [1.54, 1.807) is 0 Å². The van der Waals surface area contributed by atoms with E-state index in [0.717, 1.165) is 19.4 Å². The number of nitrogens with zero attached hydrogens (tertiary/aromatic N) is 1. The molecule has 2 saturated carbocycles. The fourth-order valence-electron chi connectivity index (χ4n) is 3.64. The molecule has 1 saturated heterocycles. The first kappa shape index (κ1) is 13.8. The maximum absolute atomic E-state index is 12.7. The van der Waals surface area contributed by atoms with E-state index in [1.807, 2.05) is 11.2 Å². The molecule has 0 spiro atoms. The minimum atomic E-state index is -3.11. The lowest BCUT2D eigenvalue weighted by Crippen LogP contribution is -2.46. The Kier molecular flexibility index (Phi) is 3.89. The van der Waals surface area contributed by atoms with Crippen molar-refractivity contribution in [2.75, 3.05) is 13.1 Å². The van der Waals surface area contributed by atoms with Gasteiger partial charge in [0.25, 0.3) is 0 Å². The zero-order chi connectivity index (χ0) is 13.5. The first-order valence-electron chi connectivity index (χ1n) is 7.83. The summed E-state index contributed by atoms with van der Waals surface area (Å²) >= 11 is 0. The van der Waals surface area contributed by atoms with Gasteiger partial charge in [-0.1, -0.05) is 12.8 Å². The molecule has 0 aromatic rings. The average Bonchev–Trinajstić information content (AvgIpc) is 3.12. The van der Waals surface area contributed by atoms with E-state index in [2.05, 4.69) is 5.32 Å². The second kappa shape index (κ2) is 5.34. The van der Waals surface area contributed by atoms with Crippen LogP contribution in [0, 0.1) is 5.92 Å². The molecular weight excluding hydrogens is 260 g/mol. The Balaban J connectivity index is 1.64. The van der Waals surface area contributed by atoms with E-state index in [9.17, 15) is 8.42 Å². The maximum Gasteiger partial charge on any atom is 0.218 e. The zero-order valence-electron chi connectivity index (χ0n) is 11.8. The van der Waals surface area contributed by atoms with Crippen LogP contribution in [0.3, 0.4) is 0 Å². The molecular formula is C14H26N2O2S. The van der Waals surface area contributed by atoms with Gasteiger partial charge >= 0.3 is 0 Å². The van der Waals surface area contributed by atoms with E-state index in [4.69, 9.17) is 0 Å². The van der Waals surface area contributed by atoms with Crippen LogP contribution in [0.2, 0.25) is 0 Å². The average molecular weight is 286 g/mol. The molecule has 0 amide bonds. The van der Waals surface area contributed by atoms with Crippen LogP contribution < -0.4 is 5.32 Å². The molecule has 0 aromatic carbocycles. The largest absolute Gasteiger partial charge is 0.313 e. The van der Waals surface area contributed by atoms with Gasteiger partial charge in [-0.3, -0.25) is 0 Å². The molecule has 3 atom stereocenters. The molecule has 3 fully saturated rings. The van der Waals surface area contributed by atoms with Crippen molar-refractivity contribution in [2.45, 2.75) is 69.2 Å². The molecule has 3 aliphatic rings. The molecule has 5 heteroatoms. The molecule has 0 bridgehead atoms. The summed E-state index contributed by atoms with van der Waals surface area (Å²) in [7, 11) is -3.11. The maximum atomic E-state index is 12.7. The Hall–Kier alpha value is -0.130. The van der Waals surface area contributed by atoms with Crippen LogP contribution in [0.25, 0.3) is 0 Å². The van der Waals surface area contributed by atoms with Gasteiger partial charge in [0.05, 0.1) is 5.25 Å². The van der Waals surface area contributed by atoms with Crippen molar-refractivity contribution in [1.82, 2.24) is 9.62 Å². The Morgan fingerprint density at radius 1 is 1.16 bits per heavy atom. The Labute approximate surface area is 117 Å². The van der Waals surface area contributed by atoms with Crippen LogP contribution in [-0.4, -0.2) is 43.1 Å². The lowest BCUT2D eigenvalue weighted by molar-refractivity contribution is 0.258. The van der Waals surface area contributed by atoms with E-state index in [-0.39, 0.29) is 5.25 Å². The van der Waals surface area contributed by atoms with Crippen LogP contribution in [-0.2, 0) is 10.0 Å². The molecule has 19 heavy (non-hydrogen) atoms. The van der Waals surface area contributed by atoms with Crippen molar-refractivity contribution in [1.29, 1.82) is 0 Å². The zero-order valence-corrected chi connectivity index (χ0v) is 12.7. The van der Waals surface area contributed by atoms with Gasteiger partial charge in [0, 0.05) is 25.2 Å². The van der Waals surface area contributed by atoms with Crippen LogP contribution in [0.15, 0.2) is 0 Å². The van der Waals surface area contributed by atoms with Crippen molar-refractivity contribution in [3.63, 3.8) is 0 Å². The van der Waals surface area contributed by atoms with Gasteiger partial charge in [-0.25, -0.2) is 8.42 Å². The van der Waals surface area contributed by atoms with Gasteiger partial charge in [-0.2, -0.15) is 4.31 Å². The molecule has 0 radical (unpaired) electrons. The molecule has 2 aliphatic carbocycles. The number of fused-ring (bicyclic) bond motifs is 1. The SMILES string of the molecule is CC(CNC1CC1)S(=O)(=O)N1CCC2CCCCC21. The number of rotatable bonds is 5. The van der Waals surface area contributed by atoms with Crippen molar-refractivity contribution < 1.29 is 8.42 Å². The fraction of sp³-hybridized carbons (Fsp3) is 1.00. The fourth-order valence-corrected chi connectivity index (χ4v) is 5.42. The van der Waals surface area contributed by atoms with Gasteiger partial charge in [-0.05, 0) is 44.9 Å². The molecule has 3 rings (SSSR count). The predicted octanol–water partition coefficient (Wildman–Crippen LogP) is 1.72. The second-order valence-electron chi connectivity index (χ2n) is 6.55. The second-order valence-corrected chi connectivity index (χ2v) is 8.85. The molecule has 3 unspecified atom stereocenters. The van der Waals surface area contributed by atoms with Gasteiger partial charge in [0.1, 0.15) is 0 Å². The summed E-state index contributed by atoms with van der Waals surface area (Å²) < 4.78 is 27.3. The molecule has 0 aromatic heterocycles. The van der Waals surface area contributed by atoms with Crippen molar-refractivity contribution in [2.24, 2.45) is 5.92 Å². The molecule has 1 aliphatic heterocycles. The molecule has 110 valence electrons. The Bertz CT molecular complexity index is 419. The van der Waals surface area contributed by atoms with Crippen molar-refractivity contribution in [3.05, 3.63) is 0 Å². The Morgan fingerprint density at radius 2 is 1.89 bits per heavy atom. The van der Waals surface area contributed by atoms with Gasteiger partial charge < -0.3 is 5.32 Å². The van der Waals surface area contributed by atoms with Crippen LogP contribution >= 0.6 is 0 Å². The lowest BCUT2D eigenvalue weighted by atomic mass is 9.86. The summed E-state index contributed by atoms with van der Waals surface area (Å²) in [6, 6.07) is 0.890. The lowest BCUT2D eigenvalue weighted by Gasteiger charge is -2.32. The molecule has 4 nitrogen and oxygen atoms in total. The number of hydrogen-bond donors (Lipinski definition) is 1. The summed E-state index contributed by atoms with van der Waals surface area (Å²) in [6.07, 6.45) is 8.28. The number of nitrogens with one attached hydrogen (secondary N) is 1. The first-order valence-corrected chi connectivity index (χ1v) is 9.33. The highest BCUT2D eigenvalue weighted by atomic mass is 32.2. The van der Waals surface area contributed by atoms with Gasteiger partial charge in [0.15, 0.2) is 0 Å². The minimum absolute atomic E-state index is 0.284. The van der Waals surface area contributed by atoms with Gasteiger partial charge in [0.2, 0.25) is 10.0 Å². The molecule has 1 N–H and O–H groups in total. The van der Waals surface area contributed by atoms with E-state index < -0.39 is 10.0 Å². The number of sulfonamides is 1. The summed E-state index contributed by atoms with van der Waals surface area (Å²) in [5, 5.41) is 3.07. The summed E-state index contributed by atoms with van der Waals surface area (Å²) in [6.45, 7) is 3.23. The monoisotopic (exact) mass is 286 g/mol. The summed E-state index contributed by atoms with van der Waals surface area (Å²) in [4.78, 5) is 0. The van der Waals surface area contributed by atoms with Crippen LogP contribution in [0.5, 0.6) is 0 Å². The van der Waals surface area contributed by atoms with E-state index in [1.165, 1.54) is 32.1 Å². The number of hydrogen-bond acceptors (Lipinski definition) is 3. The first-order chi connectivity index (χ1) is 9.09. The minimum Gasteiger partial charge on any atom is -0.313 e. The smallest absolute Gasteiger partial charge is 0.218 e. The summed E-state index contributed by atoms with van der Waals surface area (Å²) in [5.74, 6) is 0.632. The third kappa shape index (κ3) is 2.83. The van der Waals surface area contributed by atoms with Crippen LogP contribution in [0.4, 0.5) is 0 Å². The Morgan fingerprint density at radius 3 is 2.63 bits per heavy atom. The third-order valence-corrected chi connectivity index (χ3v) is 7.36. The highest BCUT2D eigenvalue weighted by molar-refractivity contribution is 7.89. The third-order valence-electron chi connectivity index (χ3n) is 5.07. The van der Waals surface area contributed by atoms with Crippen molar-refractivity contribution >= 4 is 10.0 Å². The van der Waals surface area contributed by atoms with Crippen LogP contribution in [0.1, 0.15) is 51.9 Å². The highest BCUT2D eigenvalue weighted by Crippen LogP contribution is 2.38. The topological polar surface area (TPSA) is 49.4 Å². The standard InChI is InChI=1S/C14H26N2O2S/c1-11(10-15-13-6-7-13)19(17,18)16-9-8-12-4-2-3-5-14(12)16/h11-15H,2-10H2,1H3. The van der Waals surface area contributed by atoms with E-state index >= 15 is 0 Å².